The van der Waals surface area contributed by atoms with Crippen molar-refractivity contribution in [3.8, 4) is 0 Å². The fourth-order valence-electron chi connectivity index (χ4n) is 2.15. The van der Waals surface area contributed by atoms with Crippen molar-refractivity contribution in [3.05, 3.63) is 0 Å². The molecule has 0 bridgehead atoms. The normalized spacial score (nSPS) is 17.1. The number of amides is 2. The molecule has 0 aromatic rings. The molecule has 1 aliphatic heterocycles. The zero-order valence-electron chi connectivity index (χ0n) is 12.0. The Bertz CT molecular complexity index is 297. The zero-order valence-corrected chi connectivity index (χ0v) is 12.0. The van der Waals surface area contributed by atoms with E-state index in [2.05, 4.69) is 10.2 Å². The van der Waals surface area contributed by atoms with Crippen LogP contribution in [0.3, 0.4) is 0 Å². The van der Waals surface area contributed by atoms with Crippen LogP contribution in [0.15, 0.2) is 0 Å². The minimum Gasteiger partial charge on any atom is -0.385 e. The third-order valence-corrected chi connectivity index (χ3v) is 3.25. The molecule has 0 aromatic carbocycles. The van der Waals surface area contributed by atoms with E-state index in [1.165, 1.54) is 0 Å². The summed E-state index contributed by atoms with van der Waals surface area (Å²) in [4.78, 5) is 27.0. The van der Waals surface area contributed by atoms with Gasteiger partial charge in [0.25, 0.3) is 0 Å². The molecule has 1 heterocycles. The number of rotatable bonds is 6. The topological polar surface area (TPSA) is 61.9 Å². The first-order valence-corrected chi connectivity index (χ1v) is 6.87. The van der Waals surface area contributed by atoms with Gasteiger partial charge in [-0.1, -0.05) is 0 Å². The molecule has 0 spiro atoms. The summed E-state index contributed by atoms with van der Waals surface area (Å²) in [6.07, 6.45) is 1.76. The van der Waals surface area contributed by atoms with Crippen LogP contribution < -0.4 is 5.32 Å². The molecule has 0 aromatic heterocycles. The van der Waals surface area contributed by atoms with Crippen LogP contribution in [0.4, 0.5) is 0 Å². The molecule has 1 aliphatic rings. The highest BCUT2D eigenvalue weighted by Crippen LogP contribution is 2.02. The Hall–Kier alpha value is -1.14. The zero-order chi connectivity index (χ0) is 14.1. The quantitative estimate of drug-likeness (QED) is 0.673. The number of carbonyl (C=O) groups excluding carboxylic acids is 2. The summed E-state index contributed by atoms with van der Waals surface area (Å²) in [7, 11) is 1.65. The predicted octanol–water partition coefficient (Wildman–Crippen LogP) is -0.307. The Labute approximate surface area is 115 Å². The summed E-state index contributed by atoms with van der Waals surface area (Å²) in [5.74, 6) is 0.165. The van der Waals surface area contributed by atoms with Gasteiger partial charge < -0.3 is 15.0 Å². The van der Waals surface area contributed by atoms with Gasteiger partial charge in [0, 0.05) is 53.4 Å². The molecule has 6 nitrogen and oxygen atoms in total. The van der Waals surface area contributed by atoms with E-state index in [0.29, 0.717) is 26.2 Å². The van der Waals surface area contributed by atoms with E-state index in [4.69, 9.17) is 4.74 Å². The average molecular weight is 271 g/mol. The standard InChI is InChI=1S/C13H25N3O3/c1-12(17)16-7-4-6-15(8-9-16)11-13(18)14-5-3-10-19-2/h3-11H2,1-2H3,(H,14,18). The lowest BCUT2D eigenvalue weighted by molar-refractivity contribution is -0.128. The minimum atomic E-state index is 0.0485. The Morgan fingerprint density at radius 1 is 1.21 bits per heavy atom. The van der Waals surface area contributed by atoms with Crippen LogP contribution in [0, 0.1) is 0 Å². The van der Waals surface area contributed by atoms with Crippen LogP contribution in [0.5, 0.6) is 0 Å². The third kappa shape index (κ3) is 6.54. The van der Waals surface area contributed by atoms with Gasteiger partial charge in [0.1, 0.15) is 0 Å². The molecule has 0 radical (unpaired) electrons. The van der Waals surface area contributed by atoms with E-state index < -0.39 is 0 Å². The van der Waals surface area contributed by atoms with Crippen molar-refractivity contribution in [3.63, 3.8) is 0 Å². The van der Waals surface area contributed by atoms with E-state index >= 15 is 0 Å². The molecule has 19 heavy (non-hydrogen) atoms. The number of ether oxygens (including phenoxy) is 1. The van der Waals surface area contributed by atoms with Crippen molar-refractivity contribution in [2.45, 2.75) is 19.8 Å². The van der Waals surface area contributed by atoms with Gasteiger partial charge in [0.2, 0.25) is 11.8 Å². The predicted molar refractivity (Wildman–Crippen MR) is 72.8 cm³/mol. The van der Waals surface area contributed by atoms with Gasteiger partial charge in [-0.15, -0.1) is 0 Å². The summed E-state index contributed by atoms with van der Waals surface area (Å²) < 4.78 is 4.93. The SMILES string of the molecule is COCCCNC(=O)CN1CCCN(C(C)=O)CC1. The molecule has 0 atom stereocenters. The highest BCUT2D eigenvalue weighted by molar-refractivity contribution is 5.78. The maximum atomic E-state index is 11.7. The second-order valence-corrected chi connectivity index (χ2v) is 4.83. The summed E-state index contributed by atoms with van der Waals surface area (Å²) >= 11 is 0. The maximum absolute atomic E-state index is 11.7. The van der Waals surface area contributed by atoms with Gasteiger partial charge in [-0.25, -0.2) is 0 Å². The third-order valence-electron chi connectivity index (χ3n) is 3.25. The molecule has 1 N–H and O–H groups in total. The Morgan fingerprint density at radius 2 is 2.00 bits per heavy atom. The largest absolute Gasteiger partial charge is 0.385 e. The van der Waals surface area contributed by atoms with Crippen molar-refractivity contribution < 1.29 is 14.3 Å². The molecular formula is C13H25N3O3. The molecular weight excluding hydrogens is 246 g/mol. The summed E-state index contributed by atoms with van der Waals surface area (Å²) in [5, 5.41) is 2.88. The maximum Gasteiger partial charge on any atom is 0.234 e. The summed E-state index contributed by atoms with van der Waals surface area (Å²) in [5.41, 5.74) is 0. The Morgan fingerprint density at radius 3 is 2.68 bits per heavy atom. The van der Waals surface area contributed by atoms with Gasteiger partial charge in [-0.3, -0.25) is 14.5 Å². The van der Waals surface area contributed by atoms with E-state index in [1.807, 2.05) is 4.90 Å². The van der Waals surface area contributed by atoms with Crippen LogP contribution in [0.1, 0.15) is 19.8 Å². The van der Waals surface area contributed by atoms with Crippen molar-refractivity contribution in [2.75, 3.05) is 53.0 Å². The van der Waals surface area contributed by atoms with E-state index in [1.54, 1.807) is 14.0 Å². The van der Waals surface area contributed by atoms with Crippen molar-refractivity contribution in [1.82, 2.24) is 15.1 Å². The first kappa shape index (κ1) is 15.9. The van der Waals surface area contributed by atoms with Crippen LogP contribution in [0.2, 0.25) is 0 Å². The molecule has 0 aliphatic carbocycles. The molecule has 6 heteroatoms. The van der Waals surface area contributed by atoms with Crippen molar-refractivity contribution in [1.29, 1.82) is 0 Å². The lowest BCUT2D eigenvalue weighted by atomic mass is 10.3. The highest BCUT2D eigenvalue weighted by atomic mass is 16.5. The molecule has 1 fully saturated rings. The highest BCUT2D eigenvalue weighted by Gasteiger charge is 2.17. The van der Waals surface area contributed by atoms with Gasteiger partial charge >= 0.3 is 0 Å². The second kappa shape index (κ2) is 8.87. The summed E-state index contributed by atoms with van der Waals surface area (Å²) in [6, 6.07) is 0. The van der Waals surface area contributed by atoms with Gasteiger partial charge in [0.15, 0.2) is 0 Å². The van der Waals surface area contributed by atoms with Gasteiger partial charge in [-0.2, -0.15) is 0 Å². The molecule has 0 unspecified atom stereocenters. The van der Waals surface area contributed by atoms with Crippen LogP contribution >= 0.6 is 0 Å². The fourth-order valence-corrected chi connectivity index (χ4v) is 2.15. The number of carbonyl (C=O) groups is 2. The number of nitrogens with zero attached hydrogens (tertiary/aromatic N) is 2. The molecule has 110 valence electrons. The summed E-state index contributed by atoms with van der Waals surface area (Å²) in [6.45, 7) is 6.47. The molecule has 1 saturated heterocycles. The van der Waals surface area contributed by atoms with Gasteiger partial charge in [0.05, 0.1) is 6.54 Å². The van der Waals surface area contributed by atoms with E-state index in [0.717, 1.165) is 32.5 Å². The number of hydrogen-bond donors (Lipinski definition) is 1. The first-order chi connectivity index (χ1) is 9.13. The Balaban J connectivity index is 2.21. The average Bonchev–Trinajstić information content (AvgIpc) is 2.60. The molecule has 0 saturated carbocycles. The smallest absolute Gasteiger partial charge is 0.234 e. The van der Waals surface area contributed by atoms with E-state index in [-0.39, 0.29) is 11.8 Å². The molecule has 1 rings (SSSR count). The fraction of sp³-hybridized carbons (Fsp3) is 0.846. The minimum absolute atomic E-state index is 0.0485. The van der Waals surface area contributed by atoms with Crippen LogP contribution in [0.25, 0.3) is 0 Å². The lowest BCUT2D eigenvalue weighted by Gasteiger charge is -2.20. The molecule has 2 amide bonds. The van der Waals surface area contributed by atoms with Crippen molar-refractivity contribution >= 4 is 11.8 Å². The van der Waals surface area contributed by atoms with Crippen LogP contribution in [-0.2, 0) is 14.3 Å². The lowest BCUT2D eigenvalue weighted by Crippen LogP contribution is -2.40. The second-order valence-electron chi connectivity index (χ2n) is 4.83. The number of hydrogen-bond acceptors (Lipinski definition) is 4. The monoisotopic (exact) mass is 271 g/mol. The Kier molecular flexibility index (Phi) is 7.43. The number of methoxy groups -OCH3 is 1. The first-order valence-electron chi connectivity index (χ1n) is 6.87. The van der Waals surface area contributed by atoms with E-state index in [9.17, 15) is 9.59 Å². The van der Waals surface area contributed by atoms with Gasteiger partial charge in [-0.05, 0) is 12.8 Å². The van der Waals surface area contributed by atoms with Crippen molar-refractivity contribution in [2.24, 2.45) is 0 Å². The number of nitrogens with one attached hydrogen (secondary N) is 1. The van der Waals surface area contributed by atoms with Crippen LogP contribution in [-0.4, -0.2) is 74.6 Å².